The number of esters is 1. The van der Waals surface area contributed by atoms with Crippen molar-refractivity contribution in [1.82, 2.24) is 5.32 Å². The van der Waals surface area contributed by atoms with Gasteiger partial charge in [-0.1, -0.05) is 48.1 Å². The molecule has 0 aromatic rings. The van der Waals surface area contributed by atoms with Crippen LogP contribution in [0.4, 0.5) is 4.79 Å². The number of nitrogens with one attached hydrogen (secondary N) is 1. The lowest BCUT2D eigenvalue weighted by atomic mass is 9.78. The average molecular weight is 313 g/mol. The molecule has 0 aliphatic carbocycles. The van der Waals surface area contributed by atoms with E-state index in [2.05, 4.69) is 32.7 Å². The molecule has 0 rings (SSSR count). The predicted octanol–water partition coefficient (Wildman–Crippen LogP) is 3.68. The Morgan fingerprint density at radius 3 is 2.09 bits per heavy atom. The number of alkyl carbamates (subject to hydrolysis) is 1. The highest BCUT2D eigenvalue weighted by molar-refractivity contribution is 5.86. The molecule has 1 N–H and O–H groups in total. The Labute approximate surface area is 134 Å². The SMILES string of the molecule is C=C(C)C(=O)OCCNC(=O)OC(CC(C)(C)C)C(C)(C)C. The van der Waals surface area contributed by atoms with Crippen LogP contribution in [0.5, 0.6) is 0 Å². The van der Waals surface area contributed by atoms with Crippen LogP contribution in [-0.2, 0) is 14.3 Å². The molecular formula is C17H31NO4. The summed E-state index contributed by atoms with van der Waals surface area (Å²) in [7, 11) is 0. The summed E-state index contributed by atoms with van der Waals surface area (Å²) in [6, 6.07) is 0. The summed E-state index contributed by atoms with van der Waals surface area (Å²) in [5.74, 6) is -0.463. The Bertz CT molecular complexity index is 402. The molecule has 1 atom stereocenters. The first-order valence-electron chi connectivity index (χ1n) is 7.60. The van der Waals surface area contributed by atoms with Crippen LogP contribution in [0.2, 0.25) is 0 Å². The fourth-order valence-electron chi connectivity index (χ4n) is 1.67. The van der Waals surface area contributed by atoms with Crippen molar-refractivity contribution in [3.63, 3.8) is 0 Å². The molecule has 0 radical (unpaired) electrons. The van der Waals surface area contributed by atoms with Crippen molar-refractivity contribution in [2.75, 3.05) is 13.2 Å². The number of hydrogen-bond donors (Lipinski definition) is 1. The van der Waals surface area contributed by atoms with Gasteiger partial charge in [-0.05, 0) is 24.2 Å². The second-order valence-corrected chi connectivity index (χ2v) is 7.87. The van der Waals surface area contributed by atoms with Crippen molar-refractivity contribution in [3.05, 3.63) is 12.2 Å². The van der Waals surface area contributed by atoms with E-state index in [9.17, 15) is 9.59 Å². The summed E-state index contributed by atoms with van der Waals surface area (Å²) in [5.41, 5.74) is 0.257. The van der Waals surface area contributed by atoms with Crippen LogP contribution in [0.3, 0.4) is 0 Å². The maximum Gasteiger partial charge on any atom is 0.407 e. The van der Waals surface area contributed by atoms with E-state index in [0.29, 0.717) is 5.57 Å². The van der Waals surface area contributed by atoms with Gasteiger partial charge in [-0.2, -0.15) is 0 Å². The molecule has 22 heavy (non-hydrogen) atoms. The molecule has 0 aliphatic rings. The van der Waals surface area contributed by atoms with Crippen LogP contribution in [0.25, 0.3) is 0 Å². The van der Waals surface area contributed by atoms with Crippen LogP contribution < -0.4 is 5.32 Å². The van der Waals surface area contributed by atoms with Gasteiger partial charge in [0.1, 0.15) is 12.7 Å². The molecule has 0 aromatic heterocycles. The zero-order valence-corrected chi connectivity index (χ0v) is 15.0. The Balaban J connectivity index is 4.30. The van der Waals surface area contributed by atoms with Gasteiger partial charge in [-0.15, -0.1) is 0 Å². The Kier molecular flexibility index (Phi) is 7.64. The quantitative estimate of drug-likeness (QED) is 0.461. The molecule has 0 spiro atoms. The van der Waals surface area contributed by atoms with E-state index in [1.165, 1.54) is 0 Å². The highest BCUT2D eigenvalue weighted by atomic mass is 16.6. The van der Waals surface area contributed by atoms with Gasteiger partial charge in [0.2, 0.25) is 0 Å². The second-order valence-electron chi connectivity index (χ2n) is 7.87. The number of carbonyl (C=O) groups is 2. The predicted molar refractivity (Wildman–Crippen MR) is 87.6 cm³/mol. The van der Waals surface area contributed by atoms with Crippen LogP contribution >= 0.6 is 0 Å². The molecule has 5 nitrogen and oxygen atoms in total. The zero-order chi connectivity index (χ0) is 17.6. The number of rotatable bonds is 6. The minimum absolute atomic E-state index is 0.0647. The summed E-state index contributed by atoms with van der Waals surface area (Å²) in [4.78, 5) is 23.1. The molecule has 0 aliphatic heterocycles. The van der Waals surface area contributed by atoms with E-state index in [1.807, 2.05) is 20.8 Å². The zero-order valence-electron chi connectivity index (χ0n) is 15.0. The summed E-state index contributed by atoms with van der Waals surface area (Å²) in [6.45, 7) is 17.9. The van der Waals surface area contributed by atoms with Gasteiger partial charge < -0.3 is 14.8 Å². The van der Waals surface area contributed by atoms with Gasteiger partial charge in [-0.3, -0.25) is 0 Å². The van der Waals surface area contributed by atoms with Gasteiger partial charge in [0, 0.05) is 5.57 Å². The number of ether oxygens (including phenoxy) is 2. The fourth-order valence-corrected chi connectivity index (χ4v) is 1.67. The summed E-state index contributed by atoms with van der Waals surface area (Å²) in [5, 5.41) is 2.60. The molecule has 1 amide bonds. The third-order valence-electron chi connectivity index (χ3n) is 2.97. The van der Waals surface area contributed by atoms with Crippen molar-refractivity contribution in [2.24, 2.45) is 10.8 Å². The Morgan fingerprint density at radius 2 is 1.68 bits per heavy atom. The van der Waals surface area contributed by atoms with Gasteiger partial charge in [-0.25, -0.2) is 9.59 Å². The van der Waals surface area contributed by atoms with E-state index < -0.39 is 12.1 Å². The van der Waals surface area contributed by atoms with E-state index in [1.54, 1.807) is 6.92 Å². The highest BCUT2D eigenvalue weighted by Crippen LogP contribution is 2.32. The molecule has 1 unspecified atom stereocenters. The monoisotopic (exact) mass is 313 g/mol. The van der Waals surface area contributed by atoms with Crippen LogP contribution in [0.15, 0.2) is 12.2 Å². The lowest BCUT2D eigenvalue weighted by Gasteiger charge is -2.34. The molecular weight excluding hydrogens is 282 g/mol. The number of carbonyl (C=O) groups excluding carboxylic acids is 2. The third kappa shape index (κ3) is 9.42. The Morgan fingerprint density at radius 1 is 1.14 bits per heavy atom. The van der Waals surface area contributed by atoms with Gasteiger partial charge in [0.05, 0.1) is 6.54 Å². The van der Waals surface area contributed by atoms with E-state index in [4.69, 9.17) is 9.47 Å². The summed E-state index contributed by atoms with van der Waals surface area (Å²) >= 11 is 0. The van der Waals surface area contributed by atoms with Crippen molar-refractivity contribution in [1.29, 1.82) is 0 Å². The average Bonchev–Trinajstić information content (AvgIpc) is 2.30. The molecule has 0 aromatic carbocycles. The molecule has 0 saturated heterocycles. The third-order valence-corrected chi connectivity index (χ3v) is 2.97. The number of amides is 1. The maximum atomic E-state index is 11.9. The molecule has 5 heteroatoms. The first-order valence-corrected chi connectivity index (χ1v) is 7.60. The van der Waals surface area contributed by atoms with Crippen molar-refractivity contribution < 1.29 is 19.1 Å². The molecule has 0 saturated carbocycles. The minimum atomic E-state index is -0.490. The van der Waals surface area contributed by atoms with E-state index in [0.717, 1.165) is 6.42 Å². The second kappa shape index (κ2) is 8.20. The fraction of sp³-hybridized carbons (Fsp3) is 0.765. The smallest absolute Gasteiger partial charge is 0.407 e. The van der Waals surface area contributed by atoms with Crippen LogP contribution in [0, 0.1) is 10.8 Å². The lowest BCUT2D eigenvalue weighted by Crippen LogP contribution is -2.39. The topological polar surface area (TPSA) is 64.6 Å². The first-order chi connectivity index (χ1) is 9.83. The standard InChI is InChI=1S/C17H31NO4/c1-12(2)14(19)21-10-9-18-15(20)22-13(17(6,7)8)11-16(3,4)5/h13H,1,9-11H2,2-8H3,(H,18,20). The summed E-state index contributed by atoms with van der Waals surface area (Å²) in [6.07, 6.45) is 0.0928. The van der Waals surface area contributed by atoms with Crippen LogP contribution in [-0.4, -0.2) is 31.3 Å². The lowest BCUT2D eigenvalue weighted by molar-refractivity contribution is -0.138. The van der Waals surface area contributed by atoms with Crippen molar-refractivity contribution in [3.8, 4) is 0 Å². The van der Waals surface area contributed by atoms with Crippen molar-refractivity contribution >= 4 is 12.1 Å². The molecule has 0 fully saturated rings. The normalized spacial score (nSPS) is 13.2. The minimum Gasteiger partial charge on any atom is -0.460 e. The maximum absolute atomic E-state index is 11.9. The first kappa shape index (κ1) is 20.5. The molecule has 0 heterocycles. The number of hydrogen-bond acceptors (Lipinski definition) is 4. The highest BCUT2D eigenvalue weighted by Gasteiger charge is 2.32. The van der Waals surface area contributed by atoms with E-state index in [-0.39, 0.29) is 30.1 Å². The largest absolute Gasteiger partial charge is 0.460 e. The van der Waals surface area contributed by atoms with Crippen molar-refractivity contribution in [2.45, 2.75) is 61.0 Å². The van der Waals surface area contributed by atoms with E-state index >= 15 is 0 Å². The Hall–Kier alpha value is -1.52. The molecule has 128 valence electrons. The van der Waals surface area contributed by atoms with Gasteiger partial charge >= 0.3 is 12.1 Å². The summed E-state index contributed by atoms with van der Waals surface area (Å²) < 4.78 is 10.4. The van der Waals surface area contributed by atoms with Gasteiger partial charge in [0.15, 0.2) is 0 Å². The van der Waals surface area contributed by atoms with Crippen LogP contribution in [0.1, 0.15) is 54.9 Å². The molecule has 0 bridgehead atoms. The van der Waals surface area contributed by atoms with Gasteiger partial charge in [0.25, 0.3) is 0 Å².